The van der Waals surface area contributed by atoms with E-state index in [1.807, 2.05) is 0 Å². The van der Waals surface area contributed by atoms with Crippen molar-refractivity contribution in [2.45, 2.75) is 37.8 Å². The molecule has 0 bridgehead atoms. The highest BCUT2D eigenvalue weighted by Gasteiger charge is 2.34. The third-order valence-corrected chi connectivity index (χ3v) is 5.63. The smallest absolute Gasteiger partial charge is 0.381 e. The van der Waals surface area contributed by atoms with Gasteiger partial charge in [-0.15, -0.1) is 0 Å². The quantitative estimate of drug-likeness (QED) is 0.624. The van der Waals surface area contributed by atoms with E-state index in [9.17, 15) is 22.4 Å². The van der Waals surface area contributed by atoms with Gasteiger partial charge in [-0.25, -0.2) is 9.37 Å². The molecule has 1 aromatic heterocycles. The van der Waals surface area contributed by atoms with Gasteiger partial charge in [0.2, 0.25) is 0 Å². The molecule has 1 amide bonds. The Labute approximate surface area is 177 Å². The molecule has 4 rings (SSSR count). The van der Waals surface area contributed by atoms with Crippen LogP contribution >= 0.6 is 0 Å². The average Bonchev–Trinajstić information content (AvgIpc) is 3.59. The lowest BCUT2D eigenvalue weighted by molar-refractivity contribution is -0.139. The van der Waals surface area contributed by atoms with Crippen LogP contribution in [0.2, 0.25) is 0 Å². The summed E-state index contributed by atoms with van der Waals surface area (Å²) in [6.45, 7) is 1.98. The van der Waals surface area contributed by atoms with Crippen LogP contribution in [0.1, 0.15) is 53.1 Å². The molecule has 1 aliphatic carbocycles. The Kier molecular flexibility index (Phi) is 6.13. The predicted octanol–water partition coefficient (Wildman–Crippen LogP) is 5.02. The Bertz CT molecular complexity index is 954. The number of hydrogen-bond acceptors (Lipinski definition) is 4. The second-order valence-corrected chi connectivity index (χ2v) is 8.01. The van der Waals surface area contributed by atoms with Crippen molar-refractivity contribution in [2.75, 3.05) is 25.1 Å². The summed E-state index contributed by atoms with van der Waals surface area (Å²) in [6, 6.07) is 4.39. The van der Waals surface area contributed by atoms with Crippen LogP contribution in [0.15, 0.2) is 30.5 Å². The first-order valence-corrected chi connectivity index (χ1v) is 10.3. The number of benzene rings is 1. The van der Waals surface area contributed by atoms with Crippen molar-refractivity contribution in [3.8, 4) is 0 Å². The van der Waals surface area contributed by atoms with Gasteiger partial charge in [0, 0.05) is 31.6 Å². The largest absolute Gasteiger partial charge is 0.419 e. The lowest BCUT2D eigenvalue weighted by Crippen LogP contribution is -2.32. The molecular formula is C22H23F4N3O2. The number of amides is 1. The highest BCUT2D eigenvalue weighted by molar-refractivity contribution is 5.96. The van der Waals surface area contributed by atoms with E-state index in [2.05, 4.69) is 15.6 Å². The van der Waals surface area contributed by atoms with E-state index in [0.717, 1.165) is 37.3 Å². The SMILES string of the molecule is O=C(NCC1CCOCC1)c1cnc(Nc2ccc(F)c(C(F)(F)F)c2)cc1C1CC1. The molecular weight excluding hydrogens is 414 g/mol. The molecule has 0 atom stereocenters. The molecule has 1 aliphatic heterocycles. The normalized spacial score (nSPS) is 17.4. The van der Waals surface area contributed by atoms with Crippen molar-refractivity contribution in [2.24, 2.45) is 5.92 Å². The van der Waals surface area contributed by atoms with Crippen molar-refractivity contribution < 1.29 is 27.1 Å². The summed E-state index contributed by atoms with van der Waals surface area (Å²) in [5.74, 6) is -0.610. The Morgan fingerprint density at radius 2 is 1.87 bits per heavy atom. The average molecular weight is 437 g/mol. The maximum absolute atomic E-state index is 13.5. The summed E-state index contributed by atoms with van der Waals surface area (Å²) >= 11 is 0. The minimum absolute atomic E-state index is 0.0692. The van der Waals surface area contributed by atoms with Crippen LogP contribution in [0.3, 0.4) is 0 Å². The van der Waals surface area contributed by atoms with E-state index in [1.165, 1.54) is 12.3 Å². The Morgan fingerprint density at radius 3 is 2.55 bits per heavy atom. The highest BCUT2D eigenvalue weighted by Crippen LogP contribution is 2.42. The molecule has 0 spiro atoms. The number of hydrogen-bond donors (Lipinski definition) is 2. The molecule has 0 radical (unpaired) electrons. The van der Waals surface area contributed by atoms with Gasteiger partial charge in [-0.3, -0.25) is 4.79 Å². The fourth-order valence-electron chi connectivity index (χ4n) is 3.71. The summed E-state index contributed by atoms with van der Waals surface area (Å²) in [7, 11) is 0. The van der Waals surface area contributed by atoms with E-state index in [0.29, 0.717) is 43.1 Å². The van der Waals surface area contributed by atoms with Gasteiger partial charge in [0.25, 0.3) is 5.91 Å². The number of pyridine rings is 1. The third-order valence-electron chi connectivity index (χ3n) is 5.63. The molecule has 0 unspecified atom stereocenters. The minimum atomic E-state index is -4.79. The number of alkyl halides is 3. The number of carbonyl (C=O) groups is 1. The van der Waals surface area contributed by atoms with E-state index in [1.54, 1.807) is 6.07 Å². The Hall–Kier alpha value is -2.68. The molecule has 2 aromatic rings. The van der Waals surface area contributed by atoms with Gasteiger partial charge in [-0.1, -0.05) is 0 Å². The monoisotopic (exact) mass is 437 g/mol. The molecule has 9 heteroatoms. The fraction of sp³-hybridized carbons (Fsp3) is 0.455. The van der Waals surface area contributed by atoms with Crippen LogP contribution in [-0.2, 0) is 10.9 Å². The van der Waals surface area contributed by atoms with Crippen LogP contribution in [0.25, 0.3) is 0 Å². The molecule has 2 N–H and O–H groups in total. The van der Waals surface area contributed by atoms with Gasteiger partial charge in [0.15, 0.2) is 0 Å². The number of ether oxygens (including phenoxy) is 1. The molecule has 2 fully saturated rings. The van der Waals surface area contributed by atoms with Crippen molar-refractivity contribution >= 4 is 17.4 Å². The number of halogens is 4. The van der Waals surface area contributed by atoms with Crippen LogP contribution in [-0.4, -0.2) is 30.6 Å². The molecule has 31 heavy (non-hydrogen) atoms. The number of rotatable bonds is 6. The van der Waals surface area contributed by atoms with Gasteiger partial charge in [0.1, 0.15) is 11.6 Å². The first kappa shape index (κ1) is 21.5. The molecule has 5 nitrogen and oxygen atoms in total. The van der Waals surface area contributed by atoms with Gasteiger partial charge in [0.05, 0.1) is 11.1 Å². The maximum Gasteiger partial charge on any atom is 0.419 e. The van der Waals surface area contributed by atoms with E-state index in [-0.39, 0.29) is 17.5 Å². The molecule has 1 saturated carbocycles. The number of nitrogens with zero attached hydrogens (tertiary/aromatic N) is 1. The van der Waals surface area contributed by atoms with E-state index < -0.39 is 17.6 Å². The van der Waals surface area contributed by atoms with Crippen molar-refractivity contribution in [3.63, 3.8) is 0 Å². The topological polar surface area (TPSA) is 63.2 Å². The van der Waals surface area contributed by atoms with E-state index in [4.69, 9.17) is 4.74 Å². The summed E-state index contributed by atoms with van der Waals surface area (Å²) in [6.07, 6.45) is 0.365. The van der Waals surface area contributed by atoms with Gasteiger partial charge in [-0.05, 0) is 67.3 Å². The first-order valence-electron chi connectivity index (χ1n) is 10.3. The van der Waals surface area contributed by atoms with Crippen molar-refractivity contribution in [1.29, 1.82) is 0 Å². The minimum Gasteiger partial charge on any atom is -0.381 e. The third kappa shape index (κ3) is 5.33. The zero-order valence-electron chi connectivity index (χ0n) is 16.8. The van der Waals surface area contributed by atoms with Crippen LogP contribution in [0.4, 0.5) is 29.1 Å². The standard InChI is InChI=1S/C22H23F4N3O2/c23-19-4-3-15(9-18(19)22(24,25)26)29-20-10-16(14-1-2-14)17(12-27-20)21(30)28-11-13-5-7-31-8-6-13/h3-4,9-10,12-14H,1-2,5-8,11H2,(H,27,29)(H,28,30). The number of carbonyl (C=O) groups excluding carboxylic acids is 1. The Morgan fingerprint density at radius 1 is 1.13 bits per heavy atom. The predicted molar refractivity (Wildman–Crippen MR) is 107 cm³/mol. The van der Waals surface area contributed by atoms with Crippen molar-refractivity contribution in [1.82, 2.24) is 10.3 Å². The molecule has 1 saturated heterocycles. The number of anilines is 2. The molecule has 1 aromatic carbocycles. The van der Waals surface area contributed by atoms with Gasteiger partial charge >= 0.3 is 6.18 Å². The number of aromatic nitrogens is 1. The number of nitrogens with one attached hydrogen (secondary N) is 2. The van der Waals surface area contributed by atoms with E-state index >= 15 is 0 Å². The highest BCUT2D eigenvalue weighted by atomic mass is 19.4. The zero-order valence-corrected chi connectivity index (χ0v) is 16.8. The zero-order chi connectivity index (χ0) is 22.0. The van der Waals surface area contributed by atoms with Crippen LogP contribution in [0, 0.1) is 11.7 Å². The lowest BCUT2D eigenvalue weighted by Gasteiger charge is -2.22. The first-order chi connectivity index (χ1) is 14.8. The second-order valence-electron chi connectivity index (χ2n) is 8.01. The summed E-state index contributed by atoms with van der Waals surface area (Å²) in [5, 5.41) is 5.76. The van der Waals surface area contributed by atoms with Crippen LogP contribution < -0.4 is 10.6 Å². The summed E-state index contributed by atoms with van der Waals surface area (Å²) in [4.78, 5) is 16.9. The van der Waals surface area contributed by atoms with Gasteiger partial charge in [-0.2, -0.15) is 13.2 Å². The molecule has 2 aliphatic rings. The molecule has 2 heterocycles. The molecule has 166 valence electrons. The maximum atomic E-state index is 13.5. The Balaban J connectivity index is 1.49. The fourth-order valence-corrected chi connectivity index (χ4v) is 3.71. The summed E-state index contributed by atoms with van der Waals surface area (Å²) < 4.78 is 57.7. The second kappa shape index (κ2) is 8.82. The summed E-state index contributed by atoms with van der Waals surface area (Å²) in [5.41, 5.74) is 0.0269. The van der Waals surface area contributed by atoms with Crippen LogP contribution in [0.5, 0.6) is 0 Å². The lowest BCUT2D eigenvalue weighted by atomic mass is 10.00. The van der Waals surface area contributed by atoms with Gasteiger partial charge < -0.3 is 15.4 Å². The van der Waals surface area contributed by atoms with Crippen molar-refractivity contribution in [3.05, 3.63) is 53.0 Å².